The maximum atomic E-state index is 12.7. The molecule has 1 amide bonds. The summed E-state index contributed by atoms with van der Waals surface area (Å²) in [6, 6.07) is 4.28. The number of nitrogens with zero attached hydrogens (tertiary/aromatic N) is 1. The molecule has 28 heavy (non-hydrogen) atoms. The first-order valence-electron chi connectivity index (χ1n) is 9.35. The van der Waals surface area contributed by atoms with Crippen molar-refractivity contribution < 1.29 is 14.0 Å². The molecule has 0 saturated carbocycles. The monoisotopic (exact) mass is 394 g/mol. The Hall–Kier alpha value is -2.73. The van der Waals surface area contributed by atoms with Crippen LogP contribution in [-0.4, -0.2) is 16.7 Å². The summed E-state index contributed by atoms with van der Waals surface area (Å²) in [4.78, 5) is 29.4. The number of rotatable bonds is 3. The smallest absolute Gasteiger partial charge is 0.293 e. The van der Waals surface area contributed by atoms with Gasteiger partial charge in [0.1, 0.15) is 5.76 Å². The van der Waals surface area contributed by atoms with Gasteiger partial charge in [0.15, 0.2) is 16.7 Å². The lowest BCUT2D eigenvalue weighted by Gasteiger charge is -2.07. The number of anilines is 1. The third kappa shape index (κ3) is 3.18. The molecule has 5 nitrogen and oxygen atoms in total. The van der Waals surface area contributed by atoms with Crippen molar-refractivity contribution in [3.8, 4) is 11.3 Å². The Morgan fingerprint density at radius 3 is 2.61 bits per heavy atom. The number of aryl methyl sites for hydroxylation is 4. The lowest BCUT2D eigenvalue weighted by Crippen LogP contribution is -2.13. The molecule has 1 aromatic carbocycles. The van der Waals surface area contributed by atoms with Crippen LogP contribution in [-0.2, 0) is 6.42 Å². The van der Waals surface area contributed by atoms with E-state index < -0.39 is 0 Å². The second kappa shape index (κ2) is 7.02. The second-order valence-corrected chi connectivity index (χ2v) is 8.23. The third-order valence-corrected chi connectivity index (χ3v) is 6.11. The number of carbonyl (C=O) groups excluding carboxylic acids is 2. The molecule has 4 rings (SSSR count). The van der Waals surface area contributed by atoms with Crippen molar-refractivity contribution in [1.82, 2.24) is 4.98 Å². The Bertz CT molecular complexity index is 1110. The van der Waals surface area contributed by atoms with Crippen LogP contribution in [0.5, 0.6) is 0 Å². The third-order valence-electron chi connectivity index (χ3n) is 5.35. The Morgan fingerprint density at radius 1 is 1.11 bits per heavy atom. The molecule has 0 atom stereocenters. The van der Waals surface area contributed by atoms with Gasteiger partial charge in [0.25, 0.3) is 5.91 Å². The molecule has 0 saturated heterocycles. The SMILES string of the molecule is Cc1cc(C)c(-c2csc(NC(=O)c3oc4c(c3C)C(=O)CCC4)n2)cc1C. The predicted molar refractivity (Wildman–Crippen MR) is 110 cm³/mol. The van der Waals surface area contributed by atoms with Crippen molar-refractivity contribution in [1.29, 1.82) is 0 Å². The van der Waals surface area contributed by atoms with Crippen LogP contribution in [0.2, 0.25) is 0 Å². The Balaban J connectivity index is 1.59. The summed E-state index contributed by atoms with van der Waals surface area (Å²) in [5, 5.41) is 5.27. The average Bonchev–Trinajstić information content (AvgIpc) is 3.23. The molecule has 0 unspecified atom stereocenters. The van der Waals surface area contributed by atoms with E-state index in [0.717, 1.165) is 23.2 Å². The minimum absolute atomic E-state index is 0.0586. The van der Waals surface area contributed by atoms with Crippen molar-refractivity contribution >= 4 is 28.2 Å². The van der Waals surface area contributed by atoms with Crippen molar-refractivity contribution in [2.24, 2.45) is 0 Å². The van der Waals surface area contributed by atoms with Crippen LogP contribution >= 0.6 is 11.3 Å². The van der Waals surface area contributed by atoms with Crippen LogP contribution in [0.4, 0.5) is 5.13 Å². The molecule has 0 spiro atoms. The number of furan rings is 1. The van der Waals surface area contributed by atoms with Crippen LogP contribution in [0, 0.1) is 27.7 Å². The number of hydrogen-bond donors (Lipinski definition) is 1. The molecule has 0 radical (unpaired) electrons. The highest BCUT2D eigenvalue weighted by Gasteiger charge is 2.29. The molecule has 6 heteroatoms. The number of benzene rings is 1. The molecule has 2 aromatic heterocycles. The van der Waals surface area contributed by atoms with Crippen LogP contribution in [0.25, 0.3) is 11.3 Å². The number of Topliss-reactive ketones (excluding diaryl/α,β-unsaturated/α-hetero) is 1. The van der Waals surface area contributed by atoms with Crippen molar-refractivity contribution in [3.63, 3.8) is 0 Å². The van der Waals surface area contributed by atoms with Gasteiger partial charge in [-0.3, -0.25) is 14.9 Å². The summed E-state index contributed by atoms with van der Waals surface area (Å²) in [5.74, 6) is 0.532. The molecule has 2 heterocycles. The van der Waals surface area contributed by atoms with Crippen molar-refractivity contribution in [3.05, 3.63) is 56.9 Å². The fourth-order valence-corrected chi connectivity index (χ4v) is 4.42. The number of nitrogens with one attached hydrogen (secondary N) is 1. The van der Waals surface area contributed by atoms with Gasteiger partial charge in [0.05, 0.1) is 11.3 Å². The van der Waals surface area contributed by atoms with Gasteiger partial charge in [-0.25, -0.2) is 4.98 Å². The van der Waals surface area contributed by atoms with Crippen LogP contribution in [0.1, 0.15) is 61.8 Å². The molecule has 3 aromatic rings. The molecule has 0 aliphatic heterocycles. The molecule has 0 fully saturated rings. The van der Waals surface area contributed by atoms with Gasteiger partial charge in [-0.1, -0.05) is 6.07 Å². The first-order valence-corrected chi connectivity index (χ1v) is 10.2. The zero-order valence-electron chi connectivity index (χ0n) is 16.4. The van der Waals surface area contributed by atoms with E-state index >= 15 is 0 Å². The Morgan fingerprint density at radius 2 is 1.86 bits per heavy atom. The first kappa shape index (κ1) is 18.6. The van der Waals surface area contributed by atoms with Crippen LogP contribution in [0.3, 0.4) is 0 Å². The molecule has 1 aliphatic carbocycles. The van der Waals surface area contributed by atoms with Gasteiger partial charge in [-0.15, -0.1) is 11.3 Å². The summed E-state index contributed by atoms with van der Waals surface area (Å²) in [6.45, 7) is 8.00. The van der Waals surface area contributed by atoms with E-state index in [2.05, 4.69) is 43.2 Å². The van der Waals surface area contributed by atoms with E-state index in [9.17, 15) is 9.59 Å². The lowest BCUT2D eigenvalue weighted by atomic mass is 9.94. The van der Waals surface area contributed by atoms with Gasteiger partial charge in [0.2, 0.25) is 0 Å². The number of ketones is 1. The highest BCUT2D eigenvalue weighted by Crippen LogP contribution is 2.32. The quantitative estimate of drug-likeness (QED) is 0.645. The minimum Gasteiger partial charge on any atom is -0.455 e. The van der Waals surface area contributed by atoms with Crippen molar-refractivity contribution in [2.45, 2.75) is 47.0 Å². The van der Waals surface area contributed by atoms with E-state index in [-0.39, 0.29) is 17.5 Å². The van der Waals surface area contributed by atoms with E-state index in [1.54, 1.807) is 6.92 Å². The predicted octanol–water partition coefficient (Wildman–Crippen LogP) is 5.41. The van der Waals surface area contributed by atoms with E-state index in [1.807, 2.05) is 5.38 Å². The average molecular weight is 394 g/mol. The van der Waals surface area contributed by atoms with Crippen molar-refractivity contribution in [2.75, 3.05) is 5.32 Å². The van der Waals surface area contributed by atoms with Gasteiger partial charge in [-0.05, 0) is 56.9 Å². The maximum absolute atomic E-state index is 12.7. The topological polar surface area (TPSA) is 72.2 Å². The largest absolute Gasteiger partial charge is 0.455 e. The standard InChI is InChI=1S/C22H22N2O3S/c1-11-8-13(3)15(9-12(11)2)16-10-28-22(23-16)24-21(26)20-14(4)19-17(25)6-5-7-18(19)27-20/h8-10H,5-7H2,1-4H3,(H,23,24,26). The number of amides is 1. The molecular formula is C22H22N2O3S. The Labute approximate surface area is 167 Å². The summed E-state index contributed by atoms with van der Waals surface area (Å²) in [5.41, 5.74) is 6.72. The number of thiazole rings is 1. The Kier molecular flexibility index (Phi) is 4.67. The molecule has 0 bridgehead atoms. The summed E-state index contributed by atoms with van der Waals surface area (Å²) in [6.07, 6.45) is 1.98. The van der Waals surface area contributed by atoms with Gasteiger partial charge < -0.3 is 4.42 Å². The summed E-state index contributed by atoms with van der Waals surface area (Å²) < 4.78 is 5.72. The molecule has 144 valence electrons. The lowest BCUT2D eigenvalue weighted by molar-refractivity contribution is 0.0963. The number of hydrogen-bond acceptors (Lipinski definition) is 5. The van der Waals surface area contributed by atoms with Crippen LogP contribution < -0.4 is 5.32 Å². The number of aromatic nitrogens is 1. The van der Waals surface area contributed by atoms with E-state index in [0.29, 0.717) is 34.9 Å². The number of fused-ring (bicyclic) bond motifs is 1. The first-order chi connectivity index (χ1) is 13.3. The van der Waals surface area contributed by atoms with Gasteiger partial charge >= 0.3 is 0 Å². The molecule has 1 N–H and O–H groups in total. The highest BCUT2D eigenvalue weighted by molar-refractivity contribution is 7.14. The fraction of sp³-hybridized carbons (Fsp3) is 0.318. The zero-order valence-corrected chi connectivity index (χ0v) is 17.3. The zero-order chi connectivity index (χ0) is 20.0. The van der Waals surface area contributed by atoms with Gasteiger partial charge in [0, 0.05) is 29.3 Å². The molecular weight excluding hydrogens is 372 g/mol. The highest BCUT2D eigenvalue weighted by atomic mass is 32.1. The summed E-state index contributed by atoms with van der Waals surface area (Å²) >= 11 is 1.38. The van der Waals surface area contributed by atoms with Gasteiger partial charge in [-0.2, -0.15) is 0 Å². The minimum atomic E-state index is -0.364. The fourth-order valence-electron chi connectivity index (χ4n) is 3.71. The van der Waals surface area contributed by atoms with E-state index in [4.69, 9.17) is 4.42 Å². The second-order valence-electron chi connectivity index (χ2n) is 7.37. The number of carbonyl (C=O) groups is 2. The maximum Gasteiger partial charge on any atom is 0.293 e. The summed E-state index contributed by atoms with van der Waals surface area (Å²) in [7, 11) is 0. The normalized spacial score (nSPS) is 13.5. The molecule has 1 aliphatic rings. The van der Waals surface area contributed by atoms with E-state index in [1.165, 1.54) is 22.5 Å². The van der Waals surface area contributed by atoms with Crippen LogP contribution in [0.15, 0.2) is 21.9 Å².